The summed E-state index contributed by atoms with van der Waals surface area (Å²) in [6.45, 7) is 3.88. The lowest BCUT2D eigenvalue weighted by molar-refractivity contribution is -0.130. The number of hydrogen-bond donors (Lipinski definition) is 3. The van der Waals surface area contributed by atoms with Crippen LogP contribution in [0.5, 0.6) is 5.75 Å². The van der Waals surface area contributed by atoms with Crippen LogP contribution in [0.2, 0.25) is 0 Å². The van der Waals surface area contributed by atoms with E-state index in [2.05, 4.69) is 33.2 Å². The number of phenols is 1. The van der Waals surface area contributed by atoms with Gasteiger partial charge in [-0.25, -0.2) is 0 Å². The summed E-state index contributed by atoms with van der Waals surface area (Å²) in [4.78, 5) is 36.8. The number of carbonyl (C=O) groups is 3. The maximum atomic E-state index is 12.9. The Labute approximate surface area is 190 Å². The Kier molecular flexibility index (Phi) is 9.29. The Morgan fingerprint density at radius 1 is 0.967 bits per heavy atom. The number of aromatic hydroxyl groups is 1. The highest BCUT2D eigenvalue weighted by atomic mass is 127. The number of phenolic OH excluding ortho intramolecular Hbond substituents is 1. The van der Waals surface area contributed by atoms with Gasteiger partial charge in [0.2, 0.25) is 11.8 Å². The molecule has 7 heteroatoms. The first kappa shape index (κ1) is 23.9. The first-order valence-corrected chi connectivity index (χ1v) is 10.9. The van der Waals surface area contributed by atoms with Crippen LogP contribution in [0.3, 0.4) is 0 Å². The quantitative estimate of drug-likeness (QED) is 0.330. The van der Waals surface area contributed by atoms with Crippen molar-refractivity contribution in [2.24, 2.45) is 5.92 Å². The Morgan fingerprint density at radius 2 is 1.53 bits per heavy atom. The zero-order chi connectivity index (χ0) is 22.1. The van der Waals surface area contributed by atoms with Crippen LogP contribution in [0.1, 0.15) is 31.4 Å². The predicted molar refractivity (Wildman–Crippen MR) is 124 cm³/mol. The molecule has 0 saturated heterocycles. The maximum Gasteiger partial charge on any atom is 0.243 e. The maximum absolute atomic E-state index is 12.9. The molecule has 2 aromatic carbocycles. The number of hydrogen-bond acceptors (Lipinski definition) is 4. The van der Waals surface area contributed by atoms with Crippen molar-refractivity contribution in [3.63, 3.8) is 0 Å². The fourth-order valence-corrected chi connectivity index (χ4v) is 3.35. The third kappa shape index (κ3) is 8.14. The highest BCUT2D eigenvalue weighted by Crippen LogP contribution is 2.12. The van der Waals surface area contributed by atoms with Gasteiger partial charge in [0.15, 0.2) is 0 Å². The van der Waals surface area contributed by atoms with Gasteiger partial charge in [-0.1, -0.05) is 38.1 Å². The monoisotopic (exact) mass is 522 g/mol. The smallest absolute Gasteiger partial charge is 0.243 e. The highest BCUT2D eigenvalue weighted by Gasteiger charge is 2.24. The molecule has 2 amide bonds. The lowest BCUT2D eigenvalue weighted by atomic mass is 10.0. The van der Waals surface area contributed by atoms with Crippen LogP contribution in [0.25, 0.3) is 0 Å². The Hall–Kier alpha value is -2.42. The zero-order valence-electron chi connectivity index (χ0n) is 17.1. The van der Waals surface area contributed by atoms with Crippen molar-refractivity contribution >= 4 is 40.7 Å². The SMILES string of the molecule is CC(C)CC(=O)NC(Cc1ccc(I)cc1)C(=O)NC(C=O)Cc1ccc(O)cc1. The van der Waals surface area contributed by atoms with Crippen molar-refractivity contribution in [2.45, 2.75) is 45.2 Å². The van der Waals surface area contributed by atoms with Gasteiger partial charge in [-0.15, -0.1) is 0 Å². The summed E-state index contributed by atoms with van der Waals surface area (Å²) in [6.07, 6.45) is 1.63. The number of carbonyl (C=O) groups excluding carboxylic acids is 3. The molecule has 2 rings (SSSR count). The molecule has 0 aliphatic heterocycles. The van der Waals surface area contributed by atoms with E-state index < -0.39 is 18.0 Å². The molecule has 0 fully saturated rings. The van der Waals surface area contributed by atoms with E-state index in [1.54, 1.807) is 12.1 Å². The standard InChI is InChI=1S/C23H27IN2O4/c1-15(2)11-22(29)26-21(13-17-3-7-18(24)8-4-17)23(30)25-19(14-27)12-16-5-9-20(28)10-6-16/h3-10,14-15,19,21,28H,11-13H2,1-2H3,(H,25,30)(H,26,29). The molecule has 6 nitrogen and oxygen atoms in total. The molecule has 0 aromatic heterocycles. The second-order valence-corrected chi connectivity index (χ2v) is 8.92. The topological polar surface area (TPSA) is 95.5 Å². The van der Waals surface area contributed by atoms with Crippen molar-refractivity contribution in [2.75, 3.05) is 0 Å². The summed E-state index contributed by atoms with van der Waals surface area (Å²) in [5, 5.41) is 14.9. The van der Waals surface area contributed by atoms with Crippen molar-refractivity contribution < 1.29 is 19.5 Å². The Bertz CT molecular complexity index is 851. The molecule has 2 atom stereocenters. The average Bonchev–Trinajstić information content (AvgIpc) is 2.69. The Morgan fingerprint density at radius 3 is 2.10 bits per heavy atom. The summed E-state index contributed by atoms with van der Waals surface area (Å²) < 4.78 is 1.08. The van der Waals surface area contributed by atoms with Crippen LogP contribution >= 0.6 is 22.6 Å². The van der Waals surface area contributed by atoms with E-state index in [0.29, 0.717) is 25.5 Å². The molecular weight excluding hydrogens is 495 g/mol. The molecule has 0 radical (unpaired) electrons. The third-order valence-electron chi connectivity index (χ3n) is 4.48. The van der Waals surface area contributed by atoms with E-state index in [4.69, 9.17) is 0 Å². The van der Waals surface area contributed by atoms with E-state index in [0.717, 1.165) is 14.7 Å². The molecule has 160 valence electrons. The zero-order valence-corrected chi connectivity index (χ0v) is 19.3. The van der Waals surface area contributed by atoms with Gasteiger partial charge in [-0.05, 0) is 70.3 Å². The minimum atomic E-state index is -0.779. The van der Waals surface area contributed by atoms with Crippen LogP contribution in [0.15, 0.2) is 48.5 Å². The number of aldehydes is 1. The summed E-state index contributed by atoms with van der Waals surface area (Å²) >= 11 is 2.21. The van der Waals surface area contributed by atoms with E-state index in [-0.39, 0.29) is 17.6 Å². The van der Waals surface area contributed by atoms with Gasteiger partial charge in [0.25, 0.3) is 0 Å². The predicted octanol–water partition coefficient (Wildman–Crippen LogP) is 3.00. The van der Waals surface area contributed by atoms with E-state index in [9.17, 15) is 19.5 Å². The summed E-state index contributed by atoms with van der Waals surface area (Å²) in [7, 11) is 0. The van der Waals surface area contributed by atoms with Gasteiger partial charge in [-0.3, -0.25) is 9.59 Å². The largest absolute Gasteiger partial charge is 0.508 e. The summed E-state index contributed by atoms with van der Waals surface area (Å²) in [6, 6.07) is 12.7. The number of benzene rings is 2. The van der Waals surface area contributed by atoms with Crippen LogP contribution in [0, 0.1) is 9.49 Å². The summed E-state index contributed by atoms with van der Waals surface area (Å²) in [5.74, 6) is -0.293. The van der Waals surface area contributed by atoms with Gasteiger partial charge >= 0.3 is 0 Å². The first-order chi connectivity index (χ1) is 14.3. The fraction of sp³-hybridized carbons (Fsp3) is 0.348. The van der Waals surface area contributed by atoms with Gasteiger partial charge in [0, 0.05) is 16.4 Å². The number of rotatable bonds is 10. The molecule has 0 aliphatic rings. The fourth-order valence-electron chi connectivity index (χ4n) is 2.99. The lowest BCUT2D eigenvalue weighted by Crippen LogP contribution is -2.51. The molecule has 0 spiro atoms. The highest BCUT2D eigenvalue weighted by molar-refractivity contribution is 14.1. The molecule has 3 N–H and O–H groups in total. The van der Waals surface area contributed by atoms with E-state index in [1.807, 2.05) is 38.1 Å². The minimum Gasteiger partial charge on any atom is -0.508 e. The van der Waals surface area contributed by atoms with E-state index in [1.165, 1.54) is 12.1 Å². The summed E-state index contributed by atoms with van der Waals surface area (Å²) in [5.41, 5.74) is 1.73. The molecule has 2 unspecified atom stereocenters. The minimum absolute atomic E-state index is 0.135. The molecule has 0 aliphatic carbocycles. The average molecular weight is 522 g/mol. The van der Waals surface area contributed by atoms with Crippen molar-refractivity contribution in [1.29, 1.82) is 0 Å². The lowest BCUT2D eigenvalue weighted by Gasteiger charge is -2.22. The third-order valence-corrected chi connectivity index (χ3v) is 5.20. The van der Waals surface area contributed by atoms with Crippen molar-refractivity contribution in [3.05, 3.63) is 63.2 Å². The van der Waals surface area contributed by atoms with Crippen LogP contribution < -0.4 is 10.6 Å². The normalized spacial score (nSPS) is 12.8. The molecule has 0 bridgehead atoms. The van der Waals surface area contributed by atoms with Gasteiger partial charge in [0.1, 0.15) is 18.1 Å². The van der Waals surface area contributed by atoms with Crippen LogP contribution in [-0.2, 0) is 27.2 Å². The second kappa shape index (κ2) is 11.7. The van der Waals surface area contributed by atoms with Crippen molar-refractivity contribution in [1.82, 2.24) is 10.6 Å². The molecule has 30 heavy (non-hydrogen) atoms. The van der Waals surface area contributed by atoms with Crippen LogP contribution in [-0.4, -0.2) is 35.3 Å². The van der Waals surface area contributed by atoms with Crippen molar-refractivity contribution in [3.8, 4) is 5.75 Å². The van der Waals surface area contributed by atoms with Gasteiger partial charge < -0.3 is 20.5 Å². The Balaban J connectivity index is 2.10. The number of halogens is 1. The number of nitrogens with one attached hydrogen (secondary N) is 2. The first-order valence-electron chi connectivity index (χ1n) is 9.84. The second-order valence-electron chi connectivity index (χ2n) is 7.67. The van der Waals surface area contributed by atoms with Gasteiger partial charge in [-0.2, -0.15) is 0 Å². The molecule has 0 heterocycles. The number of amides is 2. The molecular formula is C23H27IN2O4. The van der Waals surface area contributed by atoms with E-state index >= 15 is 0 Å². The van der Waals surface area contributed by atoms with Gasteiger partial charge in [0.05, 0.1) is 6.04 Å². The molecule has 0 saturated carbocycles. The molecule has 2 aromatic rings. The van der Waals surface area contributed by atoms with Crippen LogP contribution in [0.4, 0.5) is 0 Å².